The molecule has 0 aliphatic heterocycles. The number of rotatable bonds is 50. The molecule has 9 heteroatoms. The van der Waals surface area contributed by atoms with Gasteiger partial charge in [0.25, 0.3) is 6.29 Å². The monoisotopic (exact) mass is 907 g/mol. The number of carboxylic acid groups (broad SMARTS) is 1. The Balaban J connectivity index is 4.22. The lowest BCUT2D eigenvalue weighted by Gasteiger charge is -2.25. The molecule has 376 valence electrons. The third-order valence-electron chi connectivity index (χ3n) is 12.0. The molecule has 0 rings (SSSR count). The fourth-order valence-corrected chi connectivity index (χ4v) is 7.75. The smallest absolute Gasteiger partial charge is 0.361 e. The summed E-state index contributed by atoms with van der Waals surface area (Å²) in [4.78, 5) is 37.3. The minimum absolute atomic E-state index is 0.183. The summed E-state index contributed by atoms with van der Waals surface area (Å²) in [5, 5.41) is 9.67. The summed E-state index contributed by atoms with van der Waals surface area (Å²) in [6, 6.07) is 0. The van der Waals surface area contributed by atoms with E-state index in [2.05, 4.69) is 38.2 Å². The third-order valence-corrected chi connectivity index (χ3v) is 12.0. The van der Waals surface area contributed by atoms with Crippen LogP contribution in [-0.4, -0.2) is 87.4 Å². The topological polar surface area (TPSA) is 108 Å². The quantitative estimate of drug-likeness (QED) is 0.0211. The van der Waals surface area contributed by atoms with Crippen molar-refractivity contribution in [1.29, 1.82) is 0 Å². The third kappa shape index (κ3) is 47.7. The minimum atomic E-state index is -1.51. The predicted molar refractivity (Wildman–Crippen MR) is 268 cm³/mol. The van der Waals surface area contributed by atoms with Crippen LogP contribution in [-0.2, 0) is 33.3 Å². The second kappa shape index (κ2) is 47.3. The van der Waals surface area contributed by atoms with Crippen LogP contribution in [0.1, 0.15) is 251 Å². The average Bonchev–Trinajstić information content (AvgIpc) is 3.26. The number of quaternary nitrogens is 1. The first-order valence-corrected chi connectivity index (χ1v) is 27.0. The summed E-state index contributed by atoms with van der Waals surface area (Å²) in [5.41, 5.74) is 0. The van der Waals surface area contributed by atoms with Crippen molar-refractivity contribution in [2.24, 2.45) is 0 Å². The SMILES string of the molecule is CCCCC/C=C\C/C=C\CCCCCCCC(=O)OC(COC(=O)CCCCCCCCCCCCCCCCCCCCCCCCCC)COC(OCC[N+](C)(C)C)C(=O)O. The zero-order valence-corrected chi connectivity index (χ0v) is 42.7. The second-order valence-electron chi connectivity index (χ2n) is 19.5. The fourth-order valence-electron chi connectivity index (χ4n) is 7.75. The summed E-state index contributed by atoms with van der Waals surface area (Å²) in [6.07, 6.45) is 51.1. The molecule has 0 fully saturated rings. The number of aliphatic carboxylic acids is 1. The van der Waals surface area contributed by atoms with Crippen molar-refractivity contribution in [3.63, 3.8) is 0 Å². The summed E-state index contributed by atoms with van der Waals surface area (Å²) in [7, 11) is 5.96. The fraction of sp³-hybridized carbons (Fsp3) is 0.873. The van der Waals surface area contributed by atoms with E-state index in [1.165, 1.54) is 161 Å². The molecule has 0 aromatic carbocycles. The molecule has 0 radical (unpaired) electrons. The van der Waals surface area contributed by atoms with Crippen molar-refractivity contribution in [2.45, 2.75) is 264 Å². The van der Waals surface area contributed by atoms with Crippen LogP contribution in [0.4, 0.5) is 0 Å². The van der Waals surface area contributed by atoms with Crippen molar-refractivity contribution in [2.75, 3.05) is 47.5 Å². The van der Waals surface area contributed by atoms with E-state index in [9.17, 15) is 19.5 Å². The number of unbranched alkanes of at least 4 members (excludes halogenated alkanes) is 31. The van der Waals surface area contributed by atoms with Crippen LogP contribution in [0.15, 0.2) is 24.3 Å². The van der Waals surface area contributed by atoms with Gasteiger partial charge < -0.3 is 28.5 Å². The van der Waals surface area contributed by atoms with Gasteiger partial charge in [-0.25, -0.2) is 4.79 Å². The van der Waals surface area contributed by atoms with Gasteiger partial charge in [0.1, 0.15) is 13.2 Å². The van der Waals surface area contributed by atoms with Gasteiger partial charge in [0, 0.05) is 12.8 Å². The Hall–Kier alpha value is -2.23. The van der Waals surface area contributed by atoms with Crippen LogP contribution in [0.25, 0.3) is 0 Å². The highest BCUT2D eigenvalue weighted by atomic mass is 16.7. The Bertz CT molecular complexity index is 1100. The highest BCUT2D eigenvalue weighted by molar-refractivity contribution is 5.71. The first-order valence-electron chi connectivity index (χ1n) is 27.0. The second-order valence-corrected chi connectivity index (χ2v) is 19.5. The molecule has 64 heavy (non-hydrogen) atoms. The van der Waals surface area contributed by atoms with Crippen LogP contribution in [0, 0.1) is 0 Å². The van der Waals surface area contributed by atoms with Crippen molar-refractivity contribution < 1.29 is 42.9 Å². The average molecular weight is 907 g/mol. The van der Waals surface area contributed by atoms with Gasteiger partial charge >= 0.3 is 17.9 Å². The Morgan fingerprint density at radius 2 is 0.844 bits per heavy atom. The maximum absolute atomic E-state index is 12.8. The van der Waals surface area contributed by atoms with Gasteiger partial charge in [0.2, 0.25) is 0 Å². The maximum atomic E-state index is 12.8. The van der Waals surface area contributed by atoms with Gasteiger partial charge in [0.15, 0.2) is 6.10 Å². The molecule has 0 aromatic heterocycles. The largest absolute Gasteiger partial charge is 0.477 e. The van der Waals surface area contributed by atoms with Crippen molar-refractivity contribution in [1.82, 2.24) is 0 Å². The molecule has 1 N–H and O–H groups in total. The Kier molecular flexibility index (Phi) is 45.6. The molecular weight excluding hydrogens is 803 g/mol. The number of nitrogens with zero attached hydrogens (tertiary/aromatic N) is 1. The van der Waals surface area contributed by atoms with E-state index in [0.717, 1.165) is 57.8 Å². The molecule has 0 heterocycles. The molecular formula is C55H104NO8+. The molecule has 0 saturated heterocycles. The van der Waals surface area contributed by atoms with E-state index in [4.69, 9.17) is 18.9 Å². The number of hydrogen-bond acceptors (Lipinski definition) is 7. The number of carbonyl (C=O) groups is 3. The van der Waals surface area contributed by atoms with Crippen LogP contribution in [0.2, 0.25) is 0 Å². The highest BCUT2D eigenvalue weighted by Crippen LogP contribution is 2.17. The lowest BCUT2D eigenvalue weighted by molar-refractivity contribution is -0.870. The summed E-state index contributed by atoms with van der Waals surface area (Å²) < 4.78 is 22.8. The first kappa shape index (κ1) is 61.8. The highest BCUT2D eigenvalue weighted by Gasteiger charge is 2.25. The number of likely N-dealkylation sites (N-methyl/N-ethyl adjacent to an activating group) is 1. The zero-order chi connectivity index (χ0) is 47.0. The lowest BCUT2D eigenvalue weighted by atomic mass is 10.0. The van der Waals surface area contributed by atoms with E-state index in [1.807, 2.05) is 21.1 Å². The van der Waals surface area contributed by atoms with Crippen molar-refractivity contribution in [3.05, 3.63) is 24.3 Å². The van der Waals surface area contributed by atoms with E-state index < -0.39 is 24.3 Å². The molecule has 0 bridgehead atoms. The van der Waals surface area contributed by atoms with Crippen LogP contribution in [0.3, 0.4) is 0 Å². The van der Waals surface area contributed by atoms with E-state index in [0.29, 0.717) is 23.9 Å². The molecule has 0 amide bonds. The Labute approximate surface area is 395 Å². The number of ether oxygens (including phenoxy) is 4. The maximum Gasteiger partial charge on any atom is 0.361 e. The summed E-state index contributed by atoms with van der Waals surface area (Å²) in [6.45, 7) is 4.87. The molecule has 0 spiro atoms. The molecule has 0 saturated carbocycles. The normalized spacial score (nSPS) is 13.0. The van der Waals surface area contributed by atoms with Crippen molar-refractivity contribution >= 4 is 17.9 Å². The Morgan fingerprint density at radius 1 is 0.469 bits per heavy atom. The number of allylic oxidation sites excluding steroid dienone is 4. The van der Waals surface area contributed by atoms with E-state index in [-0.39, 0.29) is 32.2 Å². The number of esters is 2. The summed E-state index contributed by atoms with van der Waals surface area (Å²) >= 11 is 0. The predicted octanol–water partition coefficient (Wildman–Crippen LogP) is 15.2. The minimum Gasteiger partial charge on any atom is -0.477 e. The number of hydrogen-bond donors (Lipinski definition) is 1. The van der Waals surface area contributed by atoms with Gasteiger partial charge in [-0.3, -0.25) is 9.59 Å². The van der Waals surface area contributed by atoms with E-state index in [1.54, 1.807) is 0 Å². The van der Waals surface area contributed by atoms with Gasteiger partial charge in [-0.1, -0.05) is 218 Å². The molecule has 2 unspecified atom stereocenters. The van der Waals surface area contributed by atoms with Gasteiger partial charge in [-0.05, 0) is 44.9 Å². The van der Waals surface area contributed by atoms with Gasteiger partial charge in [-0.2, -0.15) is 0 Å². The van der Waals surface area contributed by atoms with Gasteiger partial charge in [-0.15, -0.1) is 0 Å². The number of carbonyl (C=O) groups excluding carboxylic acids is 2. The lowest BCUT2D eigenvalue weighted by Crippen LogP contribution is -2.40. The molecule has 2 atom stereocenters. The standard InChI is InChI=1S/C55H103NO8/c1-6-8-10-12-14-16-18-20-22-23-24-25-26-27-28-29-30-32-33-35-37-39-41-43-45-52(57)62-49-51(50-63-55(54(59)60)61-48-47-56(3,4)5)64-53(58)46-44-42-40-38-36-34-31-21-19-17-15-13-11-9-7-2/h15,17,21,31,51,55H,6-14,16,18-20,22-30,32-50H2,1-5H3/p+1/b17-15-,31-21-. The molecule has 0 aliphatic carbocycles. The van der Waals surface area contributed by atoms with E-state index >= 15 is 0 Å². The zero-order valence-electron chi connectivity index (χ0n) is 42.7. The van der Waals surface area contributed by atoms with Gasteiger partial charge in [0.05, 0.1) is 34.4 Å². The molecule has 0 aromatic rings. The summed E-state index contributed by atoms with van der Waals surface area (Å²) in [5.74, 6) is -2.01. The van der Waals surface area contributed by atoms with Crippen molar-refractivity contribution in [3.8, 4) is 0 Å². The number of carboxylic acids is 1. The van der Waals surface area contributed by atoms with Crippen LogP contribution >= 0.6 is 0 Å². The Morgan fingerprint density at radius 3 is 1.27 bits per heavy atom. The molecule has 9 nitrogen and oxygen atoms in total. The van der Waals surface area contributed by atoms with Crippen LogP contribution in [0.5, 0.6) is 0 Å². The van der Waals surface area contributed by atoms with Crippen LogP contribution < -0.4 is 0 Å². The first-order chi connectivity index (χ1) is 31.1. The molecule has 0 aliphatic rings.